The van der Waals surface area contributed by atoms with Crippen LogP contribution in [-0.2, 0) is 0 Å². The third-order valence-corrected chi connectivity index (χ3v) is 3.00. The number of allylic oxidation sites excluding steroid dienone is 4. The zero-order chi connectivity index (χ0) is 11.8. The Morgan fingerprint density at radius 2 is 1.69 bits per heavy atom. The molecule has 0 unspecified atom stereocenters. The molecule has 0 aliphatic heterocycles. The Labute approximate surface area is 96.5 Å². The van der Waals surface area contributed by atoms with Crippen LogP contribution >= 0.6 is 0 Å². The lowest BCUT2D eigenvalue weighted by Crippen LogP contribution is -2.08. The van der Waals surface area contributed by atoms with E-state index in [0.717, 1.165) is 23.1 Å². The van der Waals surface area contributed by atoms with Gasteiger partial charge in [-0.25, -0.2) is 4.39 Å². The molecule has 16 heavy (non-hydrogen) atoms. The van der Waals surface area contributed by atoms with Crippen LogP contribution in [0.15, 0.2) is 47.8 Å². The van der Waals surface area contributed by atoms with Crippen LogP contribution in [-0.4, -0.2) is 0 Å². The van der Waals surface area contributed by atoms with E-state index in [1.165, 1.54) is 0 Å². The molecule has 1 aliphatic rings. The first kappa shape index (κ1) is 11.1. The van der Waals surface area contributed by atoms with Crippen LogP contribution in [0.1, 0.15) is 32.8 Å². The van der Waals surface area contributed by atoms with Crippen molar-refractivity contribution in [1.29, 1.82) is 0 Å². The maximum Gasteiger partial charge on any atom is 0.130 e. The number of halogens is 1. The van der Waals surface area contributed by atoms with E-state index in [2.05, 4.69) is 20.8 Å². The average molecular weight is 216 g/mol. The summed E-state index contributed by atoms with van der Waals surface area (Å²) in [7, 11) is 0. The minimum Gasteiger partial charge on any atom is -0.206 e. The molecular formula is C15H17F. The van der Waals surface area contributed by atoms with E-state index in [1.807, 2.05) is 36.4 Å². The summed E-state index contributed by atoms with van der Waals surface area (Å²) < 4.78 is 14.2. The Kier molecular flexibility index (Phi) is 2.71. The molecule has 0 amide bonds. The molecule has 0 atom stereocenters. The summed E-state index contributed by atoms with van der Waals surface area (Å²) >= 11 is 0. The van der Waals surface area contributed by atoms with E-state index in [4.69, 9.17) is 0 Å². The molecule has 0 radical (unpaired) electrons. The van der Waals surface area contributed by atoms with E-state index in [1.54, 1.807) is 0 Å². The van der Waals surface area contributed by atoms with E-state index < -0.39 is 0 Å². The molecule has 0 aromatic heterocycles. The molecule has 84 valence electrons. The average Bonchev–Trinajstić information content (AvgIpc) is 2.61. The molecule has 0 spiro atoms. The minimum atomic E-state index is -0.0862. The molecule has 0 fully saturated rings. The van der Waals surface area contributed by atoms with Crippen molar-refractivity contribution in [2.24, 2.45) is 5.41 Å². The third kappa shape index (κ3) is 1.95. The molecule has 0 heterocycles. The summed E-state index contributed by atoms with van der Waals surface area (Å²) in [5.41, 5.74) is 2.55. The van der Waals surface area contributed by atoms with E-state index in [0.29, 0.717) is 0 Å². The summed E-state index contributed by atoms with van der Waals surface area (Å²) in [4.78, 5) is 0. The first-order valence-electron chi connectivity index (χ1n) is 5.65. The lowest BCUT2D eigenvalue weighted by atomic mass is 9.85. The number of hydrogen-bond donors (Lipinski definition) is 0. The predicted molar refractivity (Wildman–Crippen MR) is 66.6 cm³/mol. The zero-order valence-electron chi connectivity index (χ0n) is 10.0. The van der Waals surface area contributed by atoms with Gasteiger partial charge in [-0.15, -0.1) is 0 Å². The fraction of sp³-hybridized carbons (Fsp3) is 0.333. The highest BCUT2D eigenvalue weighted by atomic mass is 19.1. The number of hydrogen-bond acceptors (Lipinski definition) is 0. The topological polar surface area (TPSA) is 0 Å². The molecule has 1 heteroatoms. The Hall–Kier alpha value is -1.37. The molecule has 0 bridgehead atoms. The van der Waals surface area contributed by atoms with Gasteiger partial charge in [-0.1, -0.05) is 57.2 Å². The van der Waals surface area contributed by atoms with Crippen molar-refractivity contribution in [3.63, 3.8) is 0 Å². The maximum absolute atomic E-state index is 14.2. The molecule has 0 saturated carbocycles. The van der Waals surface area contributed by atoms with Gasteiger partial charge >= 0.3 is 0 Å². The smallest absolute Gasteiger partial charge is 0.130 e. The van der Waals surface area contributed by atoms with Crippen molar-refractivity contribution >= 4 is 5.57 Å². The molecular weight excluding hydrogens is 199 g/mol. The lowest BCUT2D eigenvalue weighted by Gasteiger charge is -2.20. The van der Waals surface area contributed by atoms with Gasteiger partial charge in [-0.2, -0.15) is 0 Å². The van der Waals surface area contributed by atoms with Crippen molar-refractivity contribution in [3.8, 4) is 0 Å². The van der Waals surface area contributed by atoms with E-state index in [9.17, 15) is 4.39 Å². The highest BCUT2D eigenvalue weighted by molar-refractivity contribution is 5.80. The van der Waals surface area contributed by atoms with Crippen LogP contribution in [0.25, 0.3) is 5.57 Å². The summed E-state index contributed by atoms with van der Waals surface area (Å²) in [6.45, 7) is 6.18. The van der Waals surface area contributed by atoms with Gasteiger partial charge in [-0.3, -0.25) is 0 Å². The van der Waals surface area contributed by atoms with Gasteiger partial charge in [0.05, 0.1) is 0 Å². The second-order valence-electron chi connectivity index (χ2n) is 5.23. The second kappa shape index (κ2) is 3.89. The SMILES string of the molecule is CC(C)(C)C1=C(F)C(c2ccccc2)=CC1. The summed E-state index contributed by atoms with van der Waals surface area (Å²) in [5, 5.41) is 0. The Morgan fingerprint density at radius 3 is 2.19 bits per heavy atom. The van der Waals surface area contributed by atoms with Gasteiger partial charge in [0, 0.05) is 5.57 Å². The normalized spacial score (nSPS) is 16.6. The maximum atomic E-state index is 14.2. The van der Waals surface area contributed by atoms with Crippen molar-refractivity contribution in [3.05, 3.63) is 53.4 Å². The van der Waals surface area contributed by atoms with Crippen LogP contribution in [0.4, 0.5) is 4.39 Å². The molecule has 0 N–H and O–H groups in total. The fourth-order valence-electron chi connectivity index (χ4n) is 2.04. The zero-order valence-corrected chi connectivity index (χ0v) is 10.0. The first-order chi connectivity index (χ1) is 7.50. The first-order valence-corrected chi connectivity index (χ1v) is 5.65. The number of rotatable bonds is 1. The van der Waals surface area contributed by atoms with Gasteiger partial charge in [0.15, 0.2) is 0 Å². The standard InChI is InChI=1S/C15H17F/c1-15(2,3)13-10-9-12(14(13)16)11-7-5-4-6-8-11/h4-9H,10H2,1-3H3. The van der Waals surface area contributed by atoms with Crippen LogP contribution in [0.5, 0.6) is 0 Å². The predicted octanol–water partition coefficient (Wildman–Crippen LogP) is 4.74. The second-order valence-corrected chi connectivity index (χ2v) is 5.23. The summed E-state index contributed by atoms with van der Waals surface area (Å²) in [6, 6.07) is 9.75. The highest BCUT2D eigenvalue weighted by Crippen LogP contribution is 2.42. The Morgan fingerprint density at radius 1 is 1.06 bits per heavy atom. The largest absolute Gasteiger partial charge is 0.206 e. The van der Waals surface area contributed by atoms with Crippen LogP contribution in [0.3, 0.4) is 0 Å². The van der Waals surface area contributed by atoms with Crippen molar-refractivity contribution in [2.45, 2.75) is 27.2 Å². The van der Waals surface area contributed by atoms with Crippen molar-refractivity contribution in [1.82, 2.24) is 0 Å². The third-order valence-electron chi connectivity index (χ3n) is 3.00. The monoisotopic (exact) mass is 216 g/mol. The van der Waals surface area contributed by atoms with Crippen LogP contribution < -0.4 is 0 Å². The molecule has 2 rings (SSSR count). The molecule has 0 nitrogen and oxygen atoms in total. The molecule has 1 aliphatic carbocycles. The van der Waals surface area contributed by atoms with Gasteiger partial charge in [0.2, 0.25) is 0 Å². The fourth-order valence-corrected chi connectivity index (χ4v) is 2.04. The van der Waals surface area contributed by atoms with Gasteiger partial charge in [0.25, 0.3) is 0 Å². The van der Waals surface area contributed by atoms with E-state index >= 15 is 0 Å². The Bertz CT molecular complexity index is 444. The summed E-state index contributed by atoms with van der Waals surface area (Å²) in [5.74, 6) is -0.0290. The minimum absolute atomic E-state index is 0.0290. The lowest BCUT2D eigenvalue weighted by molar-refractivity contribution is 0.473. The van der Waals surface area contributed by atoms with Gasteiger partial charge in [-0.05, 0) is 23.0 Å². The van der Waals surface area contributed by atoms with Crippen molar-refractivity contribution < 1.29 is 4.39 Å². The van der Waals surface area contributed by atoms with Crippen molar-refractivity contribution in [2.75, 3.05) is 0 Å². The highest BCUT2D eigenvalue weighted by Gasteiger charge is 2.27. The number of benzene rings is 1. The van der Waals surface area contributed by atoms with Gasteiger partial charge < -0.3 is 0 Å². The molecule has 1 aromatic carbocycles. The molecule has 1 aromatic rings. The van der Waals surface area contributed by atoms with E-state index in [-0.39, 0.29) is 11.2 Å². The summed E-state index contributed by atoms with van der Waals surface area (Å²) in [6.07, 6.45) is 2.73. The quantitative estimate of drug-likeness (QED) is 0.636. The van der Waals surface area contributed by atoms with Crippen LogP contribution in [0, 0.1) is 5.41 Å². The molecule has 0 saturated heterocycles. The Balaban J connectivity index is 2.38. The van der Waals surface area contributed by atoms with Gasteiger partial charge in [0.1, 0.15) is 5.83 Å². The van der Waals surface area contributed by atoms with Crippen LogP contribution in [0.2, 0.25) is 0 Å².